The van der Waals surface area contributed by atoms with Crippen molar-refractivity contribution in [2.45, 2.75) is 17.7 Å². The molecule has 168 valence electrons. The van der Waals surface area contributed by atoms with Gasteiger partial charge in [0.15, 0.2) is 11.5 Å². The second-order valence-electron chi connectivity index (χ2n) is 7.32. The summed E-state index contributed by atoms with van der Waals surface area (Å²) in [4.78, 5) is 0.0420. The Bertz CT molecular complexity index is 1350. The number of fused-ring (bicyclic) bond motifs is 1. The summed E-state index contributed by atoms with van der Waals surface area (Å²) in [6.07, 6.45) is 3.36. The molecule has 0 amide bonds. The van der Waals surface area contributed by atoms with E-state index in [-0.39, 0.29) is 16.8 Å². The van der Waals surface area contributed by atoms with E-state index in [9.17, 15) is 8.42 Å². The zero-order valence-electron chi connectivity index (χ0n) is 17.4. The Balaban J connectivity index is 1.92. The van der Waals surface area contributed by atoms with Gasteiger partial charge in [0.1, 0.15) is 0 Å². The van der Waals surface area contributed by atoms with Crippen LogP contribution in [0.5, 0.6) is 11.5 Å². The van der Waals surface area contributed by atoms with Crippen LogP contribution in [0.15, 0.2) is 52.6 Å². The van der Waals surface area contributed by atoms with Crippen LogP contribution in [0.4, 0.5) is 0 Å². The fourth-order valence-electron chi connectivity index (χ4n) is 3.51. The fourth-order valence-corrected chi connectivity index (χ4v) is 5.07. The highest BCUT2D eigenvalue weighted by molar-refractivity contribution is 7.90. The molecule has 0 aliphatic heterocycles. The first-order valence-corrected chi connectivity index (χ1v) is 11.5. The van der Waals surface area contributed by atoms with Crippen LogP contribution in [0.3, 0.4) is 0 Å². The molecule has 4 rings (SSSR count). The number of hydrazone groups is 1. The molecule has 0 bridgehead atoms. The first kappa shape index (κ1) is 22.0. The molecular formula is C21H22ClN5O4S. The normalized spacial score (nSPS) is 14.4. The number of hydrogen-bond donors (Lipinski definition) is 3. The van der Waals surface area contributed by atoms with E-state index in [2.05, 4.69) is 10.5 Å². The molecule has 1 saturated carbocycles. The number of methoxy groups -OCH3 is 2. The fraction of sp³-hybridized carbons (Fsp3) is 0.238. The summed E-state index contributed by atoms with van der Waals surface area (Å²) in [7, 11) is -1.06. The van der Waals surface area contributed by atoms with Crippen LogP contribution in [0.25, 0.3) is 10.9 Å². The van der Waals surface area contributed by atoms with Crippen molar-refractivity contribution in [3.8, 4) is 11.5 Å². The summed E-state index contributed by atoms with van der Waals surface area (Å²) >= 11 is 6.23. The largest absolute Gasteiger partial charge is 0.493 e. The van der Waals surface area contributed by atoms with E-state index in [0.29, 0.717) is 38.7 Å². The molecule has 4 N–H and O–H groups in total. The van der Waals surface area contributed by atoms with Gasteiger partial charge in [-0.15, -0.1) is 0 Å². The van der Waals surface area contributed by atoms with Crippen LogP contribution in [0.2, 0.25) is 5.02 Å². The molecule has 0 unspecified atom stereocenters. The maximum Gasteiger partial charge on any atom is 0.268 e. The van der Waals surface area contributed by atoms with Crippen LogP contribution < -0.4 is 20.6 Å². The Hall–Kier alpha value is -3.24. The minimum Gasteiger partial charge on any atom is -0.493 e. The van der Waals surface area contributed by atoms with Gasteiger partial charge in [0.25, 0.3) is 10.0 Å². The van der Waals surface area contributed by atoms with Gasteiger partial charge >= 0.3 is 0 Å². The molecule has 3 aromatic rings. The lowest BCUT2D eigenvalue weighted by atomic mass is 10.1. The Labute approximate surface area is 190 Å². The predicted octanol–water partition coefficient (Wildman–Crippen LogP) is 3.15. The minimum atomic E-state index is -3.99. The summed E-state index contributed by atoms with van der Waals surface area (Å²) < 4.78 is 38.9. The van der Waals surface area contributed by atoms with Crippen molar-refractivity contribution < 1.29 is 17.9 Å². The highest BCUT2D eigenvalue weighted by Crippen LogP contribution is 2.38. The number of nitrogens with one attached hydrogen (secondary N) is 2. The van der Waals surface area contributed by atoms with Crippen LogP contribution in [-0.4, -0.2) is 38.3 Å². The van der Waals surface area contributed by atoms with Gasteiger partial charge in [0.05, 0.1) is 30.3 Å². The van der Waals surface area contributed by atoms with E-state index in [1.54, 1.807) is 24.3 Å². The third-order valence-electron chi connectivity index (χ3n) is 5.18. The topological polar surface area (TPSA) is 132 Å². The average Bonchev–Trinajstić information content (AvgIpc) is 3.54. The van der Waals surface area contributed by atoms with Gasteiger partial charge in [-0.1, -0.05) is 11.6 Å². The van der Waals surface area contributed by atoms with Gasteiger partial charge in [0.2, 0.25) is 5.96 Å². The second-order valence-corrected chi connectivity index (χ2v) is 9.57. The SMILES string of the molecule is COc1ccc(S(=O)(=O)n2cc(/C(=N\NC(=N)N)C3CC3)c3cc(Cl)ccc32)cc1OC. The van der Waals surface area contributed by atoms with Crippen molar-refractivity contribution in [3.05, 3.63) is 53.2 Å². The van der Waals surface area contributed by atoms with Gasteiger partial charge in [0, 0.05) is 34.2 Å². The number of nitrogens with zero attached hydrogens (tertiary/aromatic N) is 2. The summed E-state index contributed by atoms with van der Waals surface area (Å²) in [6, 6.07) is 9.42. The van der Waals surface area contributed by atoms with Crippen molar-refractivity contribution in [2.24, 2.45) is 16.8 Å². The Morgan fingerprint density at radius 3 is 2.53 bits per heavy atom. The number of guanidine groups is 1. The summed E-state index contributed by atoms with van der Waals surface area (Å²) in [5.74, 6) is 0.570. The monoisotopic (exact) mass is 475 g/mol. The van der Waals surface area contributed by atoms with E-state index >= 15 is 0 Å². The lowest BCUT2D eigenvalue weighted by Crippen LogP contribution is -2.27. The molecule has 9 nitrogen and oxygen atoms in total. The van der Waals surface area contributed by atoms with Gasteiger partial charge in [-0.2, -0.15) is 5.10 Å². The summed E-state index contributed by atoms with van der Waals surface area (Å²) in [6.45, 7) is 0. The average molecular weight is 476 g/mol. The van der Waals surface area contributed by atoms with E-state index in [0.717, 1.165) is 12.8 Å². The molecule has 0 radical (unpaired) electrons. The predicted molar refractivity (Wildman–Crippen MR) is 123 cm³/mol. The number of nitrogens with two attached hydrogens (primary N) is 1. The maximum atomic E-state index is 13.6. The first-order valence-electron chi connectivity index (χ1n) is 9.72. The van der Waals surface area contributed by atoms with Crippen molar-refractivity contribution in [3.63, 3.8) is 0 Å². The second kappa shape index (κ2) is 8.36. The number of halogens is 1. The highest BCUT2D eigenvalue weighted by atomic mass is 35.5. The molecule has 0 saturated heterocycles. The number of benzene rings is 2. The molecule has 32 heavy (non-hydrogen) atoms. The lowest BCUT2D eigenvalue weighted by Gasteiger charge is -2.11. The number of hydrogen-bond acceptors (Lipinski definition) is 6. The van der Waals surface area contributed by atoms with Crippen LogP contribution in [0.1, 0.15) is 18.4 Å². The molecule has 1 heterocycles. The molecule has 1 aliphatic carbocycles. The molecule has 0 atom stereocenters. The minimum absolute atomic E-state index is 0.0420. The van der Waals surface area contributed by atoms with Crippen molar-refractivity contribution in [1.29, 1.82) is 5.41 Å². The van der Waals surface area contributed by atoms with Crippen LogP contribution >= 0.6 is 11.6 Å². The molecule has 0 spiro atoms. The molecule has 11 heteroatoms. The quantitative estimate of drug-likeness (QED) is 0.273. The zero-order chi connectivity index (χ0) is 23.0. The lowest BCUT2D eigenvalue weighted by molar-refractivity contribution is 0.354. The van der Waals surface area contributed by atoms with E-state index in [4.69, 9.17) is 32.2 Å². The first-order chi connectivity index (χ1) is 15.3. The van der Waals surface area contributed by atoms with Gasteiger partial charge in [-0.3, -0.25) is 5.41 Å². The number of ether oxygens (including phenoxy) is 2. The molecule has 1 aliphatic rings. The standard InChI is InChI=1S/C21H22ClN5O4S/c1-30-18-8-6-14(10-19(18)31-2)32(28,29)27-11-16(15-9-13(22)5-7-17(15)27)20(12-3-4-12)25-26-21(23)24/h5-12H,3-4H2,1-2H3,(H4,23,24,26)/b25-20-. The summed E-state index contributed by atoms with van der Waals surface area (Å²) in [5.41, 5.74) is 9.58. The molecular weight excluding hydrogens is 454 g/mol. The van der Waals surface area contributed by atoms with Crippen LogP contribution in [-0.2, 0) is 10.0 Å². The third-order valence-corrected chi connectivity index (χ3v) is 7.09. The van der Waals surface area contributed by atoms with Crippen molar-refractivity contribution in [1.82, 2.24) is 9.40 Å². The number of aromatic nitrogens is 1. The highest BCUT2D eigenvalue weighted by Gasteiger charge is 2.32. The third kappa shape index (κ3) is 3.98. The van der Waals surface area contributed by atoms with Crippen molar-refractivity contribution in [2.75, 3.05) is 14.2 Å². The Kier molecular flexibility index (Phi) is 5.74. The smallest absolute Gasteiger partial charge is 0.268 e. The Morgan fingerprint density at radius 1 is 1.19 bits per heavy atom. The summed E-state index contributed by atoms with van der Waals surface area (Å²) in [5, 5.41) is 12.8. The Morgan fingerprint density at radius 2 is 1.91 bits per heavy atom. The van der Waals surface area contributed by atoms with Crippen molar-refractivity contribution >= 4 is 44.2 Å². The van der Waals surface area contributed by atoms with E-state index < -0.39 is 10.0 Å². The number of rotatable bonds is 7. The molecule has 1 fully saturated rings. The zero-order valence-corrected chi connectivity index (χ0v) is 19.0. The van der Waals surface area contributed by atoms with E-state index in [1.165, 1.54) is 36.5 Å². The maximum absolute atomic E-state index is 13.6. The van der Waals surface area contributed by atoms with Gasteiger partial charge < -0.3 is 15.2 Å². The van der Waals surface area contributed by atoms with Crippen LogP contribution in [0, 0.1) is 11.3 Å². The van der Waals surface area contributed by atoms with Gasteiger partial charge in [-0.25, -0.2) is 17.8 Å². The van der Waals surface area contributed by atoms with E-state index in [1.807, 2.05) is 0 Å². The molecule has 1 aromatic heterocycles. The van der Waals surface area contributed by atoms with Gasteiger partial charge in [-0.05, 0) is 43.2 Å². The molecule has 2 aromatic carbocycles.